The molecule has 9 heteroatoms. The third-order valence-electron chi connectivity index (χ3n) is 4.11. The number of aromatic nitrogens is 3. The Kier molecular flexibility index (Phi) is 3.24. The van der Waals surface area contributed by atoms with Gasteiger partial charge in [0.25, 0.3) is 5.92 Å². The fraction of sp³-hybridized carbons (Fsp3) is 0.250. The number of fused-ring (bicyclic) bond motifs is 2. The third kappa shape index (κ3) is 2.18. The molecule has 0 fully saturated rings. The molecule has 3 aromatic rings. The number of benzene rings is 1. The van der Waals surface area contributed by atoms with Gasteiger partial charge in [0.15, 0.2) is 17.2 Å². The van der Waals surface area contributed by atoms with Crippen LogP contribution in [0.1, 0.15) is 30.1 Å². The van der Waals surface area contributed by atoms with Crippen LogP contribution in [-0.2, 0) is 5.92 Å². The monoisotopic (exact) mass is 366 g/mol. The van der Waals surface area contributed by atoms with Gasteiger partial charge in [-0.2, -0.15) is 8.78 Å². The van der Waals surface area contributed by atoms with Crippen LogP contribution < -0.4 is 0 Å². The average Bonchev–Trinajstić information content (AvgIpc) is 3.05. The van der Waals surface area contributed by atoms with Gasteiger partial charge in [0.2, 0.25) is 5.82 Å². The molecule has 1 aliphatic heterocycles. The number of thiophene rings is 1. The molecule has 0 unspecified atom stereocenters. The minimum Gasteiger partial charge on any atom is -0.267 e. The molecule has 1 aliphatic rings. The lowest BCUT2D eigenvalue weighted by atomic mass is 9.87. The Balaban J connectivity index is 1.95. The van der Waals surface area contributed by atoms with Crippen molar-refractivity contribution in [3.63, 3.8) is 0 Å². The van der Waals surface area contributed by atoms with Crippen LogP contribution in [0, 0.1) is 11.6 Å². The smallest absolute Gasteiger partial charge is 0.267 e. The molecule has 128 valence electrons. The van der Waals surface area contributed by atoms with Crippen molar-refractivity contribution < 1.29 is 17.6 Å². The molecule has 0 N–H and O–H groups in total. The summed E-state index contributed by atoms with van der Waals surface area (Å²) in [7, 11) is 0. The Hall–Kier alpha value is -2.42. The van der Waals surface area contributed by atoms with E-state index in [1.54, 1.807) is 5.38 Å². The molecule has 0 spiro atoms. The summed E-state index contributed by atoms with van der Waals surface area (Å²) in [5, 5.41) is 9.00. The molecular formula is C16H10F4N4S. The van der Waals surface area contributed by atoms with E-state index >= 15 is 0 Å². The van der Waals surface area contributed by atoms with E-state index in [-0.39, 0.29) is 33.0 Å². The van der Waals surface area contributed by atoms with Crippen molar-refractivity contribution in [2.75, 3.05) is 0 Å². The van der Waals surface area contributed by atoms with E-state index in [0.29, 0.717) is 0 Å². The Bertz CT molecular complexity index is 1040. The Morgan fingerprint density at radius 1 is 1.04 bits per heavy atom. The van der Waals surface area contributed by atoms with Crippen molar-refractivity contribution >= 4 is 28.1 Å². The molecule has 4 rings (SSSR count). The van der Waals surface area contributed by atoms with Crippen LogP contribution in [0.3, 0.4) is 0 Å². The Morgan fingerprint density at radius 2 is 1.80 bits per heavy atom. The minimum absolute atomic E-state index is 0.00853. The van der Waals surface area contributed by atoms with Crippen molar-refractivity contribution in [1.29, 1.82) is 0 Å². The van der Waals surface area contributed by atoms with Gasteiger partial charge >= 0.3 is 0 Å². The molecule has 0 aliphatic carbocycles. The van der Waals surface area contributed by atoms with Crippen LogP contribution in [0.25, 0.3) is 11.0 Å². The van der Waals surface area contributed by atoms with E-state index < -0.39 is 23.1 Å². The number of hydrogen-bond acceptors (Lipinski definition) is 5. The van der Waals surface area contributed by atoms with E-state index in [0.717, 1.165) is 17.4 Å². The fourth-order valence-corrected chi connectivity index (χ4v) is 3.58. The second-order valence-corrected chi connectivity index (χ2v) is 7.04. The SMILES string of the molecule is CC1(C)N=C(c2nnc3c(F)c(F)ccc3n2)c2sccc2C1(F)F. The van der Waals surface area contributed by atoms with Gasteiger partial charge in [-0.15, -0.1) is 21.5 Å². The van der Waals surface area contributed by atoms with Gasteiger partial charge in [-0.1, -0.05) is 0 Å². The van der Waals surface area contributed by atoms with Crippen LogP contribution in [0.4, 0.5) is 17.6 Å². The zero-order valence-corrected chi connectivity index (χ0v) is 13.8. The molecular weight excluding hydrogens is 356 g/mol. The van der Waals surface area contributed by atoms with Crippen molar-refractivity contribution in [2.24, 2.45) is 4.99 Å². The fourth-order valence-electron chi connectivity index (χ4n) is 2.67. The van der Waals surface area contributed by atoms with E-state index in [2.05, 4.69) is 20.2 Å². The number of alkyl halides is 2. The van der Waals surface area contributed by atoms with Gasteiger partial charge in [-0.3, -0.25) is 4.99 Å². The molecule has 0 atom stereocenters. The van der Waals surface area contributed by atoms with Gasteiger partial charge < -0.3 is 0 Å². The van der Waals surface area contributed by atoms with Gasteiger partial charge in [-0.25, -0.2) is 13.8 Å². The lowest BCUT2D eigenvalue weighted by Gasteiger charge is -2.35. The minimum atomic E-state index is -3.15. The van der Waals surface area contributed by atoms with Crippen LogP contribution in [0.15, 0.2) is 28.6 Å². The maximum absolute atomic E-state index is 14.6. The van der Waals surface area contributed by atoms with Crippen LogP contribution in [-0.4, -0.2) is 26.4 Å². The zero-order valence-electron chi connectivity index (χ0n) is 13.0. The first-order chi connectivity index (χ1) is 11.7. The maximum Gasteiger partial charge on any atom is 0.298 e. The van der Waals surface area contributed by atoms with Gasteiger partial charge in [-0.05, 0) is 37.4 Å². The van der Waals surface area contributed by atoms with E-state index in [1.165, 1.54) is 26.0 Å². The summed E-state index contributed by atoms with van der Waals surface area (Å²) in [6.45, 7) is 2.63. The standard InChI is InChI=1S/C16H10F4N4S/c1-15(2)16(19,20)7-5-6-25-13(7)12(22-15)14-21-9-4-3-8(17)10(18)11(9)23-24-14/h3-6H,1-2H3. The first kappa shape index (κ1) is 16.1. The van der Waals surface area contributed by atoms with Crippen LogP contribution in [0.2, 0.25) is 0 Å². The highest BCUT2D eigenvalue weighted by Gasteiger charge is 2.53. The lowest BCUT2D eigenvalue weighted by Crippen LogP contribution is -2.43. The summed E-state index contributed by atoms with van der Waals surface area (Å²) < 4.78 is 56.2. The second-order valence-electron chi connectivity index (χ2n) is 6.12. The summed E-state index contributed by atoms with van der Waals surface area (Å²) in [4.78, 5) is 8.53. The molecule has 3 heterocycles. The molecule has 0 amide bonds. The summed E-state index contributed by atoms with van der Waals surface area (Å²) >= 11 is 1.09. The van der Waals surface area contributed by atoms with E-state index in [9.17, 15) is 17.6 Å². The highest BCUT2D eigenvalue weighted by atomic mass is 32.1. The predicted octanol–water partition coefficient (Wildman–Crippen LogP) is 4.09. The van der Waals surface area contributed by atoms with Crippen molar-refractivity contribution in [3.05, 3.63) is 51.5 Å². The molecule has 2 aromatic heterocycles. The second kappa shape index (κ2) is 5.04. The average molecular weight is 366 g/mol. The van der Waals surface area contributed by atoms with Crippen LogP contribution >= 0.6 is 11.3 Å². The van der Waals surface area contributed by atoms with Gasteiger partial charge in [0.05, 0.1) is 10.4 Å². The normalized spacial score (nSPS) is 18.1. The quantitative estimate of drug-likeness (QED) is 0.610. The number of hydrogen-bond donors (Lipinski definition) is 0. The van der Waals surface area contributed by atoms with Crippen molar-refractivity contribution in [1.82, 2.24) is 15.2 Å². The summed E-state index contributed by atoms with van der Waals surface area (Å²) in [5.74, 6) is -5.37. The van der Waals surface area contributed by atoms with Gasteiger partial charge in [0.1, 0.15) is 11.3 Å². The van der Waals surface area contributed by atoms with Crippen LogP contribution in [0.5, 0.6) is 0 Å². The topological polar surface area (TPSA) is 51.0 Å². The summed E-state index contributed by atoms with van der Waals surface area (Å²) in [6, 6.07) is 3.53. The van der Waals surface area contributed by atoms with Crippen molar-refractivity contribution in [2.45, 2.75) is 25.3 Å². The van der Waals surface area contributed by atoms with E-state index in [1.807, 2.05) is 0 Å². The number of rotatable bonds is 1. The first-order valence-corrected chi connectivity index (χ1v) is 8.15. The highest BCUT2D eigenvalue weighted by molar-refractivity contribution is 7.12. The van der Waals surface area contributed by atoms with E-state index in [4.69, 9.17) is 0 Å². The summed E-state index contributed by atoms with van der Waals surface area (Å²) in [5.41, 5.74) is -1.94. The number of aliphatic imine (C=N–C) groups is 1. The van der Waals surface area contributed by atoms with Crippen molar-refractivity contribution in [3.8, 4) is 0 Å². The third-order valence-corrected chi connectivity index (χ3v) is 5.03. The largest absolute Gasteiger partial charge is 0.298 e. The zero-order chi connectivity index (χ0) is 18.0. The van der Waals surface area contributed by atoms with Gasteiger partial charge in [0, 0.05) is 5.56 Å². The Morgan fingerprint density at radius 3 is 2.56 bits per heavy atom. The molecule has 0 radical (unpaired) electrons. The first-order valence-electron chi connectivity index (χ1n) is 7.27. The lowest BCUT2D eigenvalue weighted by molar-refractivity contribution is -0.0677. The number of nitrogens with zero attached hydrogens (tertiary/aromatic N) is 4. The molecule has 0 bridgehead atoms. The predicted molar refractivity (Wildman–Crippen MR) is 85.2 cm³/mol. The molecule has 0 saturated carbocycles. The Labute approximate surface area is 143 Å². The molecule has 1 aromatic carbocycles. The maximum atomic E-state index is 14.6. The number of halogens is 4. The molecule has 25 heavy (non-hydrogen) atoms. The molecule has 4 nitrogen and oxygen atoms in total. The highest BCUT2D eigenvalue weighted by Crippen LogP contribution is 2.48. The molecule has 0 saturated heterocycles. The summed E-state index contributed by atoms with van der Waals surface area (Å²) in [6.07, 6.45) is 0.